The third-order valence-corrected chi connectivity index (χ3v) is 9.87. The maximum atomic E-state index is 14.1. The molecule has 1 amide bonds. The molecule has 0 spiro atoms. The van der Waals surface area contributed by atoms with E-state index >= 15 is 0 Å². The summed E-state index contributed by atoms with van der Waals surface area (Å²) in [7, 11) is -4.54. The first kappa shape index (κ1) is 42.4. The number of carbonyl (C=O) groups is 3. The molecule has 22 heteroatoms. The van der Waals surface area contributed by atoms with Gasteiger partial charge in [0, 0.05) is 20.2 Å². The van der Waals surface area contributed by atoms with Gasteiger partial charge in [-0.1, -0.05) is 41.5 Å². The number of aliphatic hydroxyl groups is 2. The largest absolute Gasteiger partial charge is 0.508 e. The van der Waals surface area contributed by atoms with Crippen LogP contribution in [0.25, 0.3) is 11.2 Å². The number of aromatic nitrogens is 4. The summed E-state index contributed by atoms with van der Waals surface area (Å²) in [6, 6.07) is -0.0544. The Morgan fingerprint density at radius 3 is 2.06 bits per heavy atom. The van der Waals surface area contributed by atoms with E-state index in [1.165, 1.54) is 10.9 Å². The zero-order valence-corrected chi connectivity index (χ0v) is 32.2. The minimum atomic E-state index is -5.67. The van der Waals surface area contributed by atoms with Crippen molar-refractivity contribution in [1.82, 2.24) is 24.4 Å². The van der Waals surface area contributed by atoms with Crippen molar-refractivity contribution >= 4 is 54.4 Å². The van der Waals surface area contributed by atoms with Crippen molar-refractivity contribution in [3.05, 3.63) is 11.6 Å². The highest BCUT2D eigenvalue weighted by Crippen LogP contribution is 2.52. The predicted molar refractivity (Wildman–Crippen MR) is 185 cm³/mol. The maximum absolute atomic E-state index is 14.1. The molecule has 4 heterocycles. The Morgan fingerprint density at radius 1 is 0.981 bits per heavy atom. The minimum Gasteiger partial charge on any atom is -0.434 e. The summed E-state index contributed by atoms with van der Waals surface area (Å²) in [5.74, 6) is -1.04. The highest BCUT2D eigenvalue weighted by Gasteiger charge is 2.58. The fourth-order valence-corrected chi connectivity index (χ4v) is 6.34. The van der Waals surface area contributed by atoms with Crippen LogP contribution in [0, 0.1) is 10.8 Å². The lowest BCUT2D eigenvalue weighted by molar-refractivity contribution is -0.139. The number of aliphatic hydroxyl groups excluding tert-OH is 2. The van der Waals surface area contributed by atoms with E-state index in [0.29, 0.717) is 19.0 Å². The molecule has 0 saturated carbocycles. The van der Waals surface area contributed by atoms with Crippen molar-refractivity contribution < 1.29 is 67.4 Å². The van der Waals surface area contributed by atoms with E-state index in [9.17, 15) is 38.9 Å². The standard InChI is InChI=1S/C31H48ClN6O14P/c1-29(2,3)12-48-27(42)50-14-31(53(44,45)46,15-51-28(43)49-13-30(4,5)6)25(41)37(7)10-18-20(39)21(40)24(52-18)38-16-33-19-22(34-17-8-9-47-11-17)35-26(32)36-23(19)38/h16-18,20-21,24,39-40H,8-15H2,1-7H3,(H,34,35,36)(H2,44,45,46)/t17-,18+,20+,21+,24+/m0/s1. The highest BCUT2D eigenvalue weighted by molar-refractivity contribution is 7.55. The summed E-state index contributed by atoms with van der Waals surface area (Å²) < 4.78 is 45.9. The SMILES string of the molecule is CN(C[C@H]1O[C@@H](n2cnc3c(N[C@H]4CCOC4)nc(Cl)nc32)[C@H](O)[C@@H]1O)C(=O)C(COC(=O)OCC(C)(C)C)(COC(=O)OCC(C)(C)C)P(=O)(O)O. The van der Waals surface area contributed by atoms with Gasteiger partial charge in [-0.05, 0) is 28.9 Å². The lowest BCUT2D eigenvalue weighted by atomic mass is 9.99. The van der Waals surface area contributed by atoms with Crippen LogP contribution in [0.4, 0.5) is 15.4 Å². The molecule has 5 atom stereocenters. The van der Waals surface area contributed by atoms with Crippen molar-refractivity contribution in [2.75, 3.05) is 58.6 Å². The number of imidazole rings is 1. The number of fused-ring (bicyclic) bond motifs is 1. The van der Waals surface area contributed by atoms with Crippen molar-refractivity contribution in [3.8, 4) is 0 Å². The zero-order valence-electron chi connectivity index (χ0n) is 30.6. The van der Waals surface area contributed by atoms with Gasteiger partial charge in [0.1, 0.15) is 31.5 Å². The first-order valence-electron chi connectivity index (χ1n) is 16.7. The third-order valence-electron chi connectivity index (χ3n) is 8.14. The lowest BCUT2D eigenvalue weighted by Gasteiger charge is -2.35. The van der Waals surface area contributed by atoms with E-state index < -0.39 is 86.1 Å². The van der Waals surface area contributed by atoms with Crippen molar-refractivity contribution in [2.45, 2.75) is 83.7 Å². The van der Waals surface area contributed by atoms with Gasteiger partial charge in [0.05, 0.1) is 32.2 Å². The molecule has 0 aliphatic carbocycles. The first-order chi connectivity index (χ1) is 24.5. The molecule has 2 saturated heterocycles. The Labute approximate surface area is 310 Å². The maximum Gasteiger partial charge on any atom is 0.508 e. The van der Waals surface area contributed by atoms with Gasteiger partial charge >= 0.3 is 19.9 Å². The summed E-state index contributed by atoms with van der Waals surface area (Å²) >= 11 is 6.21. The number of halogens is 1. The topological polar surface area (TPSA) is 263 Å². The summed E-state index contributed by atoms with van der Waals surface area (Å²) in [5.41, 5.74) is -0.548. The second kappa shape index (κ2) is 16.6. The van der Waals surface area contributed by atoms with Gasteiger partial charge in [-0.3, -0.25) is 13.9 Å². The number of hydrogen-bond acceptors (Lipinski definition) is 16. The van der Waals surface area contributed by atoms with E-state index in [1.807, 2.05) is 0 Å². The molecule has 5 N–H and O–H groups in total. The monoisotopic (exact) mass is 794 g/mol. The van der Waals surface area contributed by atoms with Gasteiger partial charge in [-0.2, -0.15) is 9.97 Å². The number of carbonyl (C=O) groups excluding carboxylic acids is 3. The van der Waals surface area contributed by atoms with Crippen molar-refractivity contribution in [1.29, 1.82) is 0 Å². The quantitative estimate of drug-likeness (QED) is 0.110. The Morgan fingerprint density at radius 2 is 1.55 bits per heavy atom. The minimum absolute atomic E-state index is 0.0544. The molecular formula is C31H48ClN6O14P. The molecule has 2 fully saturated rings. The molecule has 2 aromatic heterocycles. The molecule has 0 radical (unpaired) electrons. The summed E-state index contributed by atoms with van der Waals surface area (Å²) in [5, 5.41) is 22.2. The average Bonchev–Trinajstić information content (AvgIpc) is 3.78. The molecule has 0 aromatic carbocycles. The number of likely N-dealkylation sites (N-methyl/N-ethyl adjacent to an activating group) is 1. The van der Waals surface area contributed by atoms with Crippen LogP contribution in [0.5, 0.6) is 0 Å². The van der Waals surface area contributed by atoms with Gasteiger partial charge in [-0.15, -0.1) is 0 Å². The Bertz CT molecular complexity index is 1640. The van der Waals surface area contributed by atoms with Crippen LogP contribution in [0.3, 0.4) is 0 Å². The van der Waals surface area contributed by atoms with Gasteiger partial charge < -0.3 is 58.6 Å². The number of hydrogen-bond donors (Lipinski definition) is 5. The normalized spacial score (nSPS) is 22.5. The second-order valence-corrected chi connectivity index (χ2v) is 17.7. The number of rotatable bonds is 13. The van der Waals surface area contributed by atoms with Crippen LogP contribution in [0.2, 0.25) is 5.28 Å². The fraction of sp³-hybridized carbons (Fsp3) is 0.742. The smallest absolute Gasteiger partial charge is 0.434 e. The Balaban J connectivity index is 1.56. The summed E-state index contributed by atoms with van der Waals surface area (Å²) in [4.78, 5) is 73.7. The Hall–Kier alpha value is -3.36. The molecule has 4 rings (SSSR count). The number of nitrogens with one attached hydrogen (secondary N) is 1. The van der Waals surface area contributed by atoms with E-state index in [-0.39, 0.29) is 35.7 Å². The molecule has 0 unspecified atom stereocenters. The van der Waals surface area contributed by atoms with Crippen LogP contribution in [-0.2, 0) is 37.8 Å². The molecular weight excluding hydrogens is 747 g/mol. The molecule has 0 bridgehead atoms. The van der Waals surface area contributed by atoms with Crippen molar-refractivity contribution in [2.24, 2.45) is 10.8 Å². The van der Waals surface area contributed by atoms with E-state index in [4.69, 9.17) is 40.0 Å². The fourth-order valence-electron chi connectivity index (χ4n) is 5.29. The average molecular weight is 795 g/mol. The molecule has 2 aliphatic heterocycles. The van der Waals surface area contributed by atoms with Gasteiger partial charge in [0.15, 0.2) is 23.2 Å². The third kappa shape index (κ3) is 10.7. The molecule has 2 aromatic rings. The number of ether oxygens (including phenoxy) is 6. The first-order valence-corrected chi connectivity index (χ1v) is 18.7. The van der Waals surface area contributed by atoms with E-state index in [0.717, 1.165) is 18.4 Å². The predicted octanol–water partition coefficient (Wildman–Crippen LogP) is 2.07. The van der Waals surface area contributed by atoms with Crippen LogP contribution in [-0.4, -0.2) is 145 Å². The van der Waals surface area contributed by atoms with Crippen LogP contribution in [0.15, 0.2) is 6.33 Å². The van der Waals surface area contributed by atoms with Crippen molar-refractivity contribution in [3.63, 3.8) is 0 Å². The molecule has 20 nitrogen and oxygen atoms in total. The van der Waals surface area contributed by atoms with Gasteiger partial charge in [-0.25, -0.2) is 14.6 Å². The number of nitrogens with zero attached hydrogens (tertiary/aromatic N) is 5. The second-order valence-electron chi connectivity index (χ2n) is 15.5. The van der Waals surface area contributed by atoms with Crippen LogP contribution < -0.4 is 5.32 Å². The number of amides is 1. The van der Waals surface area contributed by atoms with E-state index in [2.05, 4.69) is 20.3 Å². The lowest BCUT2D eigenvalue weighted by Crippen LogP contribution is -2.56. The van der Waals surface area contributed by atoms with Crippen LogP contribution >= 0.6 is 19.2 Å². The molecule has 298 valence electrons. The number of anilines is 1. The van der Waals surface area contributed by atoms with Gasteiger partial charge in [0.25, 0.3) is 0 Å². The molecule has 2 aliphatic rings. The molecule has 53 heavy (non-hydrogen) atoms. The summed E-state index contributed by atoms with van der Waals surface area (Å²) in [6.45, 7) is 8.20. The summed E-state index contributed by atoms with van der Waals surface area (Å²) in [6.07, 6.45) is -6.57. The van der Waals surface area contributed by atoms with E-state index in [1.54, 1.807) is 41.5 Å². The van der Waals surface area contributed by atoms with Gasteiger partial charge in [0.2, 0.25) is 16.3 Å². The Kier molecular flexibility index (Phi) is 13.2. The zero-order chi connectivity index (χ0) is 39.5. The van der Waals surface area contributed by atoms with Crippen LogP contribution in [0.1, 0.15) is 54.2 Å². The highest BCUT2D eigenvalue weighted by atomic mass is 35.5.